The van der Waals surface area contributed by atoms with Crippen molar-refractivity contribution in [3.8, 4) is 0 Å². The number of hydrogen-bond acceptors (Lipinski definition) is 2. The van der Waals surface area contributed by atoms with Crippen molar-refractivity contribution in [3.63, 3.8) is 0 Å². The summed E-state index contributed by atoms with van der Waals surface area (Å²) in [5, 5.41) is 10.5. The zero-order valence-electron chi connectivity index (χ0n) is 13.1. The molecule has 2 aromatic carbocycles. The highest BCUT2D eigenvalue weighted by Gasteiger charge is 2.34. The van der Waals surface area contributed by atoms with Crippen LogP contribution in [0.4, 0.5) is 10.1 Å². The summed E-state index contributed by atoms with van der Waals surface area (Å²) in [5.74, 6) is -0.321. The number of para-hydroxylation sites is 1. The van der Waals surface area contributed by atoms with Crippen molar-refractivity contribution in [1.82, 2.24) is 0 Å². The zero-order chi connectivity index (χ0) is 16.4. The number of benzene rings is 2. The number of amides is 1. The van der Waals surface area contributed by atoms with E-state index in [2.05, 4.69) is 0 Å². The average molecular weight is 313 g/mol. The van der Waals surface area contributed by atoms with Gasteiger partial charge in [-0.2, -0.15) is 0 Å². The fourth-order valence-corrected chi connectivity index (χ4v) is 3.09. The van der Waals surface area contributed by atoms with E-state index in [0.29, 0.717) is 24.9 Å². The fraction of sp³-hybridized carbons (Fsp3) is 0.316. The van der Waals surface area contributed by atoms with Gasteiger partial charge in [0.15, 0.2) is 0 Å². The summed E-state index contributed by atoms with van der Waals surface area (Å²) in [6.45, 7) is 2.24. The number of carbonyl (C=O) groups is 1. The van der Waals surface area contributed by atoms with Gasteiger partial charge in [-0.05, 0) is 37.5 Å². The van der Waals surface area contributed by atoms with Crippen LogP contribution in [0.25, 0.3) is 0 Å². The Balaban J connectivity index is 1.77. The standard InChI is InChI=1S/C19H20FNO2/c1-19(23)12-13-21(17-9-5-3-7-15(17)19)18(22)11-10-14-6-2-4-8-16(14)20/h2-9,23H,10-13H2,1H3. The van der Waals surface area contributed by atoms with Crippen molar-refractivity contribution >= 4 is 11.6 Å². The Morgan fingerprint density at radius 1 is 1.22 bits per heavy atom. The summed E-state index contributed by atoms with van der Waals surface area (Å²) < 4.78 is 13.7. The number of rotatable bonds is 3. The maximum Gasteiger partial charge on any atom is 0.227 e. The summed E-state index contributed by atoms with van der Waals surface area (Å²) in [7, 11) is 0. The summed E-state index contributed by atoms with van der Waals surface area (Å²) in [4.78, 5) is 14.3. The molecule has 0 aromatic heterocycles. The number of hydrogen-bond donors (Lipinski definition) is 1. The van der Waals surface area contributed by atoms with Crippen LogP contribution in [0.2, 0.25) is 0 Å². The molecule has 1 aliphatic rings. The second-order valence-electron chi connectivity index (χ2n) is 6.18. The number of aliphatic hydroxyl groups is 1. The van der Waals surface area contributed by atoms with Crippen molar-refractivity contribution in [2.75, 3.05) is 11.4 Å². The van der Waals surface area contributed by atoms with Crippen LogP contribution in [0.3, 0.4) is 0 Å². The minimum absolute atomic E-state index is 0.0452. The largest absolute Gasteiger partial charge is 0.385 e. The molecule has 23 heavy (non-hydrogen) atoms. The highest BCUT2D eigenvalue weighted by atomic mass is 19.1. The van der Waals surface area contributed by atoms with Gasteiger partial charge in [0.2, 0.25) is 5.91 Å². The first-order valence-corrected chi connectivity index (χ1v) is 7.85. The molecule has 0 aliphatic carbocycles. The van der Waals surface area contributed by atoms with Crippen LogP contribution in [0.1, 0.15) is 30.9 Å². The number of fused-ring (bicyclic) bond motifs is 1. The van der Waals surface area contributed by atoms with E-state index in [1.165, 1.54) is 6.07 Å². The molecule has 1 amide bonds. The summed E-state index contributed by atoms with van der Waals surface area (Å²) in [5.41, 5.74) is 1.16. The molecular weight excluding hydrogens is 293 g/mol. The predicted molar refractivity (Wildman–Crippen MR) is 87.7 cm³/mol. The molecule has 0 saturated heterocycles. The topological polar surface area (TPSA) is 40.5 Å². The van der Waals surface area contributed by atoms with Gasteiger partial charge in [0.05, 0.1) is 5.60 Å². The van der Waals surface area contributed by atoms with Gasteiger partial charge in [0.25, 0.3) is 0 Å². The Bertz CT molecular complexity index is 727. The summed E-state index contributed by atoms with van der Waals surface area (Å²) in [6, 6.07) is 14.0. The zero-order valence-corrected chi connectivity index (χ0v) is 13.1. The van der Waals surface area contributed by atoms with Crippen LogP contribution in [0.15, 0.2) is 48.5 Å². The Morgan fingerprint density at radius 2 is 1.91 bits per heavy atom. The van der Waals surface area contributed by atoms with Crippen molar-refractivity contribution in [1.29, 1.82) is 0 Å². The van der Waals surface area contributed by atoms with Gasteiger partial charge in [-0.1, -0.05) is 36.4 Å². The SMILES string of the molecule is CC1(O)CCN(C(=O)CCc2ccccc2F)c2ccccc21. The monoisotopic (exact) mass is 313 g/mol. The van der Waals surface area contributed by atoms with Gasteiger partial charge < -0.3 is 10.0 Å². The van der Waals surface area contributed by atoms with Crippen molar-refractivity contribution in [2.24, 2.45) is 0 Å². The lowest BCUT2D eigenvalue weighted by Crippen LogP contribution is -2.42. The van der Waals surface area contributed by atoms with Gasteiger partial charge in [0.1, 0.15) is 5.82 Å². The van der Waals surface area contributed by atoms with Crippen molar-refractivity contribution in [2.45, 2.75) is 31.8 Å². The Kier molecular flexibility index (Phi) is 4.18. The molecule has 1 heterocycles. The van der Waals surface area contributed by atoms with Crippen LogP contribution < -0.4 is 4.90 Å². The van der Waals surface area contributed by atoms with Gasteiger partial charge in [-0.15, -0.1) is 0 Å². The first kappa shape index (κ1) is 15.7. The molecule has 1 unspecified atom stereocenters. The summed E-state index contributed by atoms with van der Waals surface area (Å²) >= 11 is 0. The normalized spacial score (nSPS) is 20.2. The van der Waals surface area contributed by atoms with Gasteiger partial charge in [-0.25, -0.2) is 4.39 Å². The van der Waals surface area contributed by atoms with E-state index in [1.807, 2.05) is 24.3 Å². The molecule has 0 spiro atoms. The molecule has 0 fully saturated rings. The number of anilines is 1. The van der Waals surface area contributed by atoms with E-state index in [9.17, 15) is 14.3 Å². The Hall–Kier alpha value is -2.20. The van der Waals surface area contributed by atoms with Gasteiger partial charge in [-0.3, -0.25) is 4.79 Å². The lowest BCUT2D eigenvalue weighted by molar-refractivity contribution is -0.119. The molecule has 1 atom stereocenters. The number of halogens is 1. The number of nitrogens with zero attached hydrogens (tertiary/aromatic N) is 1. The third-order valence-corrected chi connectivity index (χ3v) is 4.46. The first-order valence-electron chi connectivity index (χ1n) is 7.85. The van der Waals surface area contributed by atoms with Crippen molar-refractivity contribution in [3.05, 3.63) is 65.5 Å². The smallest absolute Gasteiger partial charge is 0.227 e. The molecule has 1 aliphatic heterocycles. The highest BCUT2D eigenvalue weighted by Crippen LogP contribution is 2.38. The minimum Gasteiger partial charge on any atom is -0.385 e. The molecule has 0 radical (unpaired) electrons. The Labute approximate surface area is 135 Å². The number of carbonyl (C=O) groups excluding carboxylic acids is 1. The Morgan fingerprint density at radius 3 is 2.70 bits per heavy atom. The third-order valence-electron chi connectivity index (χ3n) is 4.46. The molecule has 1 N–H and O–H groups in total. The lowest BCUT2D eigenvalue weighted by Gasteiger charge is -2.38. The molecule has 3 rings (SSSR count). The van der Waals surface area contributed by atoms with Crippen LogP contribution in [-0.2, 0) is 16.8 Å². The average Bonchev–Trinajstić information content (AvgIpc) is 2.54. The number of aryl methyl sites for hydroxylation is 1. The molecule has 0 bridgehead atoms. The molecular formula is C19H20FNO2. The van der Waals surface area contributed by atoms with Crippen LogP contribution in [0, 0.1) is 5.82 Å². The molecule has 2 aromatic rings. The van der Waals surface area contributed by atoms with Crippen LogP contribution >= 0.6 is 0 Å². The quantitative estimate of drug-likeness (QED) is 0.943. The second kappa shape index (κ2) is 6.13. The fourth-order valence-electron chi connectivity index (χ4n) is 3.09. The first-order chi connectivity index (χ1) is 11.0. The second-order valence-corrected chi connectivity index (χ2v) is 6.18. The highest BCUT2D eigenvalue weighted by molar-refractivity contribution is 5.95. The van der Waals surface area contributed by atoms with Crippen LogP contribution in [0.5, 0.6) is 0 Å². The van der Waals surface area contributed by atoms with Gasteiger partial charge in [0, 0.05) is 24.2 Å². The summed E-state index contributed by atoms with van der Waals surface area (Å²) in [6.07, 6.45) is 1.12. The van der Waals surface area contributed by atoms with E-state index in [4.69, 9.17) is 0 Å². The molecule has 4 heteroatoms. The van der Waals surface area contributed by atoms with Crippen molar-refractivity contribution < 1.29 is 14.3 Å². The minimum atomic E-state index is -0.918. The maximum atomic E-state index is 13.7. The molecule has 0 saturated carbocycles. The van der Waals surface area contributed by atoms with E-state index in [1.54, 1.807) is 30.0 Å². The van der Waals surface area contributed by atoms with Crippen LogP contribution in [-0.4, -0.2) is 17.6 Å². The van der Waals surface area contributed by atoms with E-state index in [0.717, 1.165) is 11.3 Å². The third kappa shape index (κ3) is 3.13. The maximum absolute atomic E-state index is 13.7. The van der Waals surface area contributed by atoms with E-state index >= 15 is 0 Å². The van der Waals surface area contributed by atoms with E-state index < -0.39 is 5.60 Å². The predicted octanol–water partition coefficient (Wildman–Crippen LogP) is 3.40. The van der Waals surface area contributed by atoms with Gasteiger partial charge >= 0.3 is 0 Å². The lowest BCUT2D eigenvalue weighted by atomic mass is 9.87. The molecule has 3 nitrogen and oxygen atoms in total. The van der Waals surface area contributed by atoms with E-state index in [-0.39, 0.29) is 18.1 Å². The molecule has 120 valence electrons.